The van der Waals surface area contributed by atoms with E-state index in [9.17, 15) is 19.5 Å². The SMILES string of the molecule is CN(C)CCCN1CCN(C(=O)CN2C(=O)c3ccccc3C(CC(=O)O)c3ccccc32)CC1. The summed E-state index contributed by atoms with van der Waals surface area (Å²) < 4.78 is 0. The van der Waals surface area contributed by atoms with Crippen LogP contribution in [0, 0.1) is 0 Å². The van der Waals surface area contributed by atoms with Gasteiger partial charge in [-0.05, 0) is 56.9 Å². The largest absolute Gasteiger partial charge is 0.481 e. The molecule has 1 N–H and O–H groups in total. The van der Waals surface area contributed by atoms with E-state index >= 15 is 0 Å². The fourth-order valence-corrected chi connectivity index (χ4v) is 5.06. The van der Waals surface area contributed by atoms with Crippen molar-refractivity contribution in [1.82, 2.24) is 14.7 Å². The van der Waals surface area contributed by atoms with Crippen LogP contribution < -0.4 is 4.90 Å². The summed E-state index contributed by atoms with van der Waals surface area (Å²) in [6.45, 7) is 4.93. The number of carbonyl (C=O) groups is 3. The van der Waals surface area contributed by atoms with Crippen molar-refractivity contribution in [1.29, 1.82) is 0 Å². The van der Waals surface area contributed by atoms with Crippen LogP contribution in [0.5, 0.6) is 0 Å². The average molecular weight is 479 g/mol. The van der Waals surface area contributed by atoms with Crippen LogP contribution in [0.1, 0.15) is 40.2 Å². The monoisotopic (exact) mass is 478 g/mol. The number of nitrogens with zero attached hydrogens (tertiary/aromatic N) is 4. The quantitative estimate of drug-likeness (QED) is 0.627. The minimum absolute atomic E-state index is 0.0649. The van der Waals surface area contributed by atoms with Gasteiger partial charge in [0.2, 0.25) is 5.91 Å². The molecule has 0 aliphatic carbocycles. The van der Waals surface area contributed by atoms with Crippen LogP contribution in [-0.4, -0.2) is 97.5 Å². The molecule has 1 saturated heterocycles. The van der Waals surface area contributed by atoms with Gasteiger partial charge >= 0.3 is 5.97 Å². The van der Waals surface area contributed by atoms with Gasteiger partial charge < -0.3 is 14.9 Å². The zero-order chi connectivity index (χ0) is 24.9. The molecule has 8 heteroatoms. The third-order valence-corrected chi connectivity index (χ3v) is 6.89. The standard InChI is InChI=1S/C27H34N4O4/c1-28(2)12-7-13-29-14-16-30(17-15-29)25(32)19-31-24-11-6-5-9-21(24)23(18-26(33)34)20-8-3-4-10-22(20)27(31)35/h3-6,8-11,23H,7,12-19H2,1-2H3,(H,33,34). The normalized spacial score (nSPS) is 18.3. The maximum Gasteiger partial charge on any atom is 0.304 e. The van der Waals surface area contributed by atoms with Crippen LogP contribution in [-0.2, 0) is 9.59 Å². The number of carbonyl (C=O) groups excluding carboxylic acids is 2. The molecule has 186 valence electrons. The van der Waals surface area contributed by atoms with Crippen molar-refractivity contribution in [3.63, 3.8) is 0 Å². The van der Waals surface area contributed by atoms with Gasteiger partial charge in [0.25, 0.3) is 5.91 Å². The summed E-state index contributed by atoms with van der Waals surface area (Å²) in [5.41, 5.74) is 2.50. The van der Waals surface area contributed by atoms with E-state index in [1.165, 1.54) is 4.90 Å². The maximum absolute atomic E-state index is 13.7. The summed E-state index contributed by atoms with van der Waals surface area (Å²) >= 11 is 0. The minimum atomic E-state index is -0.931. The number of anilines is 1. The molecule has 1 fully saturated rings. The lowest BCUT2D eigenvalue weighted by molar-refractivity contribution is -0.137. The predicted molar refractivity (Wildman–Crippen MR) is 135 cm³/mol. The van der Waals surface area contributed by atoms with Gasteiger partial charge in [0.1, 0.15) is 6.54 Å². The lowest BCUT2D eigenvalue weighted by atomic mass is 9.86. The van der Waals surface area contributed by atoms with Crippen LogP contribution in [0.25, 0.3) is 0 Å². The van der Waals surface area contributed by atoms with Crippen LogP contribution in [0.15, 0.2) is 48.5 Å². The Hall–Kier alpha value is -3.23. The summed E-state index contributed by atoms with van der Waals surface area (Å²) in [6.07, 6.45) is 0.968. The Morgan fingerprint density at radius 1 is 0.971 bits per heavy atom. The fourth-order valence-electron chi connectivity index (χ4n) is 5.06. The van der Waals surface area contributed by atoms with Gasteiger partial charge in [-0.1, -0.05) is 36.4 Å². The smallest absolute Gasteiger partial charge is 0.304 e. The zero-order valence-electron chi connectivity index (χ0n) is 20.5. The Morgan fingerprint density at radius 3 is 2.31 bits per heavy atom. The topological polar surface area (TPSA) is 84.4 Å². The first-order valence-corrected chi connectivity index (χ1v) is 12.2. The summed E-state index contributed by atoms with van der Waals surface area (Å²) in [5.74, 6) is -1.75. The molecular formula is C27H34N4O4. The highest BCUT2D eigenvalue weighted by Gasteiger charge is 2.35. The molecule has 35 heavy (non-hydrogen) atoms. The van der Waals surface area contributed by atoms with Crippen LogP contribution in [0.3, 0.4) is 0 Å². The molecule has 8 nitrogen and oxygen atoms in total. The Kier molecular flexibility index (Phi) is 7.83. The molecule has 2 aliphatic rings. The Balaban J connectivity index is 1.53. The van der Waals surface area contributed by atoms with E-state index < -0.39 is 11.9 Å². The second-order valence-corrected chi connectivity index (χ2v) is 9.57. The number of carboxylic acids is 1. The van der Waals surface area contributed by atoms with Gasteiger partial charge in [0.05, 0.1) is 6.42 Å². The summed E-state index contributed by atoms with van der Waals surface area (Å²) in [6, 6.07) is 14.5. The van der Waals surface area contributed by atoms with Crippen molar-refractivity contribution in [2.45, 2.75) is 18.8 Å². The van der Waals surface area contributed by atoms with Crippen LogP contribution in [0.2, 0.25) is 0 Å². The van der Waals surface area contributed by atoms with Gasteiger partial charge in [-0.3, -0.25) is 24.2 Å². The van der Waals surface area contributed by atoms with Gasteiger partial charge in [0.15, 0.2) is 0 Å². The molecule has 2 heterocycles. The fraction of sp³-hybridized carbons (Fsp3) is 0.444. The summed E-state index contributed by atoms with van der Waals surface area (Å²) in [5, 5.41) is 9.59. The van der Waals surface area contributed by atoms with Gasteiger partial charge in [-0.25, -0.2) is 0 Å². The number of fused-ring (bicyclic) bond motifs is 2. The molecule has 4 rings (SSSR count). The van der Waals surface area contributed by atoms with Gasteiger partial charge in [-0.15, -0.1) is 0 Å². The van der Waals surface area contributed by atoms with Crippen molar-refractivity contribution in [3.05, 3.63) is 65.2 Å². The van der Waals surface area contributed by atoms with Crippen molar-refractivity contribution >= 4 is 23.5 Å². The highest BCUT2D eigenvalue weighted by atomic mass is 16.4. The molecule has 0 bridgehead atoms. The number of carboxylic acid groups (broad SMARTS) is 1. The lowest BCUT2D eigenvalue weighted by Gasteiger charge is -2.36. The van der Waals surface area contributed by atoms with Gasteiger partial charge in [0, 0.05) is 43.3 Å². The molecule has 2 aliphatic heterocycles. The van der Waals surface area contributed by atoms with Crippen molar-refractivity contribution in [2.24, 2.45) is 0 Å². The number of benzene rings is 2. The molecule has 1 atom stereocenters. The molecule has 2 aromatic rings. The number of rotatable bonds is 8. The summed E-state index contributed by atoms with van der Waals surface area (Å²) in [4.78, 5) is 46.6. The Bertz CT molecular complexity index is 1080. The number of aliphatic carboxylic acids is 1. The number of amides is 2. The Labute approximate surface area is 206 Å². The summed E-state index contributed by atoms with van der Waals surface area (Å²) in [7, 11) is 4.14. The number of para-hydroxylation sites is 1. The Morgan fingerprint density at radius 2 is 1.63 bits per heavy atom. The first-order valence-electron chi connectivity index (χ1n) is 12.2. The number of hydrogen-bond donors (Lipinski definition) is 1. The maximum atomic E-state index is 13.7. The third kappa shape index (κ3) is 5.71. The van der Waals surface area contributed by atoms with E-state index in [4.69, 9.17) is 0 Å². The molecule has 1 unspecified atom stereocenters. The number of piperazine rings is 1. The van der Waals surface area contributed by atoms with E-state index in [2.05, 4.69) is 23.9 Å². The molecule has 2 amide bonds. The highest BCUT2D eigenvalue weighted by Crippen LogP contribution is 2.40. The molecule has 0 aromatic heterocycles. The average Bonchev–Trinajstić information content (AvgIpc) is 2.94. The van der Waals surface area contributed by atoms with Crippen LogP contribution >= 0.6 is 0 Å². The number of hydrogen-bond acceptors (Lipinski definition) is 5. The van der Waals surface area contributed by atoms with E-state index in [-0.39, 0.29) is 24.8 Å². The first kappa shape index (κ1) is 24.9. The second-order valence-electron chi connectivity index (χ2n) is 9.57. The zero-order valence-corrected chi connectivity index (χ0v) is 20.5. The molecular weight excluding hydrogens is 444 g/mol. The van der Waals surface area contributed by atoms with E-state index in [1.807, 2.05) is 41.3 Å². The van der Waals surface area contributed by atoms with E-state index in [0.717, 1.165) is 38.2 Å². The van der Waals surface area contributed by atoms with Gasteiger partial charge in [-0.2, -0.15) is 0 Å². The first-order chi connectivity index (χ1) is 16.8. The van der Waals surface area contributed by atoms with Crippen molar-refractivity contribution in [3.8, 4) is 0 Å². The third-order valence-electron chi connectivity index (χ3n) is 6.89. The minimum Gasteiger partial charge on any atom is -0.481 e. The highest BCUT2D eigenvalue weighted by molar-refractivity contribution is 6.11. The molecule has 0 saturated carbocycles. The second kappa shape index (κ2) is 11.0. The van der Waals surface area contributed by atoms with Crippen molar-refractivity contribution < 1.29 is 19.5 Å². The molecule has 0 radical (unpaired) electrons. The lowest BCUT2D eigenvalue weighted by Crippen LogP contribution is -2.52. The van der Waals surface area contributed by atoms with E-state index in [1.54, 1.807) is 12.1 Å². The molecule has 0 spiro atoms. The predicted octanol–water partition coefficient (Wildman–Crippen LogP) is 2.35. The van der Waals surface area contributed by atoms with E-state index in [0.29, 0.717) is 29.9 Å². The van der Waals surface area contributed by atoms with Crippen molar-refractivity contribution in [2.75, 3.05) is 64.8 Å². The van der Waals surface area contributed by atoms with Crippen LogP contribution in [0.4, 0.5) is 5.69 Å². The molecule has 2 aromatic carbocycles.